The number of allylic oxidation sites excluding steroid dienone is 4. The maximum Gasteiger partial charge on any atom is 0.0460 e. The standard InChI is InChI=1S/C15H16N2/c1-3-11(2)9-12(10-16)13-5-4-6-15-14(13)7-8-17-15/h3-10,17H,1,16H2,2H3/b11-9-,12-10+. The number of benzene rings is 1. The van der Waals surface area contributed by atoms with E-state index in [0.29, 0.717) is 0 Å². The molecule has 17 heavy (non-hydrogen) atoms. The van der Waals surface area contributed by atoms with Gasteiger partial charge < -0.3 is 10.7 Å². The lowest BCUT2D eigenvalue weighted by atomic mass is 10.0. The van der Waals surface area contributed by atoms with Crippen LogP contribution in [0, 0.1) is 0 Å². The molecule has 0 bridgehead atoms. The molecule has 0 amide bonds. The summed E-state index contributed by atoms with van der Waals surface area (Å²) in [6.45, 7) is 5.76. The first-order valence-corrected chi connectivity index (χ1v) is 5.55. The molecule has 0 unspecified atom stereocenters. The number of hydrogen-bond donors (Lipinski definition) is 2. The van der Waals surface area contributed by atoms with E-state index < -0.39 is 0 Å². The molecule has 0 radical (unpaired) electrons. The van der Waals surface area contributed by atoms with Crippen molar-refractivity contribution in [1.82, 2.24) is 4.98 Å². The molecule has 2 heteroatoms. The Hall–Kier alpha value is -2.22. The lowest BCUT2D eigenvalue weighted by molar-refractivity contribution is 1.47. The molecule has 2 aromatic rings. The average Bonchev–Trinajstić information content (AvgIpc) is 2.83. The zero-order valence-corrected chi connectivity index (χ0v) is 9.90. The van der Waals surface area contributed by atoms with E-state index in [1.807, 2.05) is 31.3 Å². The van der Waals surface area contributed by atoms with Gasteiger partial charge in [0.05, 0.1) is 0 Å². The van der Waals surface area contributed by atoms with Crippen LogP contribution in [0.15, 0.2) is 61.0 Å². The molecule has 0 atom stereocenters. The van der Waals surface area contributed by atoms with Crippen LogP contribution in [0.5, 0.6) is 0 Å². The minimum atomic E-state index is 1.01. The second-order valence-corrected chi connectivity index (χ2v) is 3.96. The Morgan fingerprint density at radius 3 is 2.88 bits per heavy atom. The molecule has 2 rings (SSSR count). The van der Waals surface area contributed by atoms with Crippen molar-refractivity contribution in [3.63, 3.8) is 0 Å². The van der Waals surface area contributed by atoms with Crippen LogP contribution in [-0.4, -0.2) is 4.98 Å². The van der Waals surface area contributed by atoms with E-state index in [1.54, 1.807) is 6.20 Å². The predicted molar refractivity (Wildman–Crippen MR) is 74.4 cm³/mol. The third kappa shape index (κ3) is 2.16. The molecule has 0 aliphatic rings. The molecule has 0 aliphatic carbocycles. The minimum Gasteiger partial charge on any atom is -0.404 e. The molecular formula is C15H16N2. The highest BCUT2D eigenvalue weighted by Crippen LogP contribution is 2.25. The maximum atomic E-state index is 5.72. The molecular weight excluding hydrogens is 208 g/mol. The normalized spacial score (nSPS) is 13.0. The average molecular weight is 224 g/mol. The number of aromatic amines is 1. The number of nitrogens with one attached hydrogen (secondary N) is 1. The lowest BCUT2D eigenvalue weighted by Gasteiger charge is -2.05. The van der Waals surface area contributed by atoms with E-state index in [0.717, 1.165) is 22.2 Å². The summed E-state index contributed by atoms with van der Waals surface area (Å²) in [5.41, 5.74) is 10.1. The van der Waals surface area contributed by atoms with E-state index in [1.165, 1.54) is 5.39 Å². The second kappa shape index (κ2) is 4.74. The second-order valence-electron chi connectivity index (χ2n) is 3.96. The molecule has 0 fully saturated rings. The van der Waals surface area contributed by atoms with Crippen molar-refractivity contribution in [1.29, 1.82) is 0 Å². The van der Waals surface area contributed by atoms with Crippen molar-refractivity contribution >= 4 is 16.5 Å². The smallest absolute Gasteiger partial charge is 0.0460 e. The van der Waals surface area contributed by atoms with Crippen LogP contribution in [0.2, 0.25) is 0 Å². The lowest BCUT2D eigenvalue weighted by Crippen LogP contribution is -1.88. The topological polar surface area (TPSA) is 41.8 Å². The quantitative estimate of drug-likeness (QED) is 0.768. The van der Waals surface area contributed by atoms with Crippen molar-refractivity contribution in [3.8, 4) is 0 Å². The zero-order valence-electron chi connectivity index (χ0n) is 9.90. The Morgan fingerprint density at radius 1 is 1.35 bits per heavy atom. The molecule has 3 N–H and O–H groups in total. The van der Waals surface area contributed by atoms with Crippen LogP contribution in [0.3, 0.4) is 0 Å². The third-order valence-corrected chi connectivity index (χ3v) is 2.79. The third-order valence-electron chi connectivity index (χ3n) is 2.79. The summed E-state index contributed by atoms with van der Waals surface area (Å²) in [7, 11) is 0. The van der Waals surface area contributed by atoms with E-state index in [2.05, 4.69) is 29.8 Å². The first-order valence-electron chi connectivity index (χ1n) is 5.55. The van der Waals surface area contributed by atoms with Gasteiger partial charge in [-0.25, -0.2) is 0 Å². The molecule has 86 valence electrons. The molecule has 2 nitrogen and oxygen atoms in total. The molecule has 1 heterocycles. The van der Waals surface area contributed by atoms with Gasteiger partial charge in [-0.1, -0.05) is 30.4 Å². The minimum absolute atomic E-state index is 1.01. The van der Waals surface area contributed by atoms with Gasteiger partial charge in [0.15, 0.2) is 0 Å². The van der Waals surface area contributed by atoms with Crippen LogP contribution in [0.4, 0.5) is 0 Å². The fourth-order valence-electron chi connectivity index (χ4n) is 1.86. The number of aromatic nitrogens is 1. The number of hydrogen-bond acceptors (Lipinski definition) is 1. The maximum absolute atomic E-state index is 5.72. The van der Waals surface area contributed by atoms with Gasteiger partial charge in [0.25, 0.3) is 0 Å². The predicted octanol–water partition coefficient (Wildman–Crippen LogP) is 3.60. The van der Waals surface area contributed by atoms with E-state index >= 15 is 0 Å². The summed E-state index contributed by atoms with van der Waals surface area (Å²) in [6.07, 6.45) is 7.43. The largest absolute Gasteiger partial charge is 0.404 e. The highest BCUT2D eigenvalue weighted by atomic mass is 14.7. The highest BCUT2D eigenvalue weighted by Gasteiger charge is 2.04. The van der Waals surface area contributed by atoms with Crippen molar-refractivity contribution in [3.05, 3.63) is 66.5 Å². The molecule has 0 spiro atoms. The number of nitrogens with two attached hydrogens (primary N) is 1. The summed E-state index contributed by atoms with van der Waals surface area (Å²) >= 11 is 0. The number of H-pyrrole nitrogens is 1. The highest BCUT2D eigenvalue weighted by molar-refractivity contribution is 5.94. The SMILES string of the molecule is C=C/C(C)=C\C(=C/N)c1cccc2[nH]ccc12. The molecule has 0 saturated heterocycles. The summed E-state index contributed by atoms with van der Waals surface area (Å²) in [4.78, 5) is 3.20. The zero-order chi connectivity index (χ0) is 12.3. The monoisotopic (exact) mass is 224 g/mol. The van der Waals surface area contributed by atoms with Crippen molar-refractivity contribution < 1.29 is 0 Å². The van der Waals surface area contributed by atoms with Gasteiger partial charge in [0.2, 0.25) is 0 Å². The Balaban J connectivity index is 2.58. The Morgan fingerprint density at radius 2 is 2.18 bits per heavy atom. The number of rotatable bonds is 3. The Kier molecular flexibility index (Phi) is 3.15. The fourth-order valence-corrected chi connectivity index (χ4v) is 1.86. The van der Waals surface area contributed by atoms with Crippen LogP contribution in [-0.2, 0) is 0 Å². The summed E-state index contributed by atoms with van der Waals surface area (Å²) < 4.78 is 0. The van der Waals surface area contributed by atoms with E-state index in [9.17, 15) is 0 Å². The van der Waals surface area contributed by atoms with Gasteiger partial charge in [-0.05, 0) is 36.3 Å². The van der Waals surface area contributed by atoms with Crippen molar-refractivity contribution in [2.75, 3.05) is 0 Å². The van der Waals surface area contributed by atoms with Gasteiger partial charge >= 0.3 is 0 Å². The van der Waals surface area contributed by atoms with Crippen LogP contribution in [0.1, 0.15) is 12.5 Å². The first-order chi connectivity index (χ1) is 8.26. The van der Waals surface area contributed by atoms with Crippen LogP contribution >= 0.6 is 0 Å². The summed E-state index contributed by atoms with van der Waals surface area (Å²) in [5, 5.41) is 1.18. The van der Waals surface area contributed by atoms with Gasteiger partial charge in [0, 0.05) is 23.3 Å². The van der Waals surface area contributed by atoms with Gasteiger partial charge in [-0.2, -0.15) is 0 Å². The van der Waals surface area contributed by atoms with Gasteiger partial charge in [-0.3, -0.25) is 0 Å². The molecule has 0 aliphatic heterocycles. The number of fused-ring (bicyclic) bond motifs is 1. The van der Waals surface area contributed by atoms with Crippen molar-refractivity contribution in [2.24, 2.45) is 5.73 Å². The molecule has 1 aromatic carbocycles. The van der Waals surface area contributed by atoms with Crippen LogP contribution < -0.4 is 5.73 Å². The molecule has 1 aromatic heterocycles. The fraction of sp³-hybridized carbons (Fsp3) is 0.0667. The summed E-state index contributed by atoms with van der Waals surface area (Å²) in [5.74, 6) is 0. The Bertz CT molecular complexity index is 600. The van der Waals surface area contributed by atoms with Gasteiger partial charge in [-0.15, -0.1) is 0 Å². The van der Waals surface area contributed by atoms with E-state index in [4.69, 9.17) is 5.73 Å². The Labute approximate surface area is 101 Å². The van der Waals surface area contributed by atoms with Gasteiger partial charge in [0.1, 0.15) is 0 Å². The van der Waals surface area contributed by atoms with Crippen molar-refractivity contribution in [2.45, 2.75) is 6.92 Å². The van der Waals surface area contributed by atoms with Crippen LogP contribution in [0.25, 0.3) is 16.5 Å². The summed E-state index contributed by atoms with van der Waals surface area (Å²) in [6, 6.07) is 8.21. The first kappa shape index (κ1) is 11.3. The van der Waals surface area contributed by atoms with E-state index in [-0.39, 0.29) is 0 Å². The molecule has 0 saturated carbocycles.